The van der Waals surface area contributed by atoms with E-state index in [4.69, 9.17) is 4.42 Å². The van der Waals surface area contributed by atoms with Crippen molar-refractivity contribution in [2.45, 2.75) is 12.5 Å². The Bertz CT molecular complexity index is 1310. The summed E-state index contributed by atoms with van der Waals surface area (Å²) < 4.78 is 5.52. The van der Waals surface area contributed by atoms with E-state index in [0.717, 1.165) is 10.5 Å². The molecule has 1 aliphatic rings. The van der Waals surface area contributed by atoms with Crippen LogP contribution in [-0.4, -0.2) is 21.7 Å². The van der Waals surface area contributed by atoms with Crippen molar-refractivity contribution in [3.63, 3.8) is 0 Å². The number of rotatable bonds is 4. The number of fused-ring (bicyclic) bond motifs is 2. The summed E-state index contributed by atoms with van der Waals surface area (Å²) in [6.07, 6.45) is 0.278. The van der Waals surface area contributed by atoms with Gasteiger partial charge in [-0.1, -0.05) is 54.6 Å². The quantitative estimate of drug-likeness (QED) is 0.491. The van der Waals surface area contributed by atoms with Crippen LogP contribution in [0.25, 0.3) is 10.9 Å². The molecule has 1 aliphatic heterocycles. The second-order valence-corrected chi connectivity index (χ2v) is 7.09. The van der Waals surface area contributed by atoms with Crippen molar-refractivity contribution in [2.24, 2.45) is 0 Å². The van der Waals surface area contributed by atoms with Crippen molar-refractivity contribution in [2.75, 3.05) is 0 Å². The zero-order chi connectivity index (χ0) is 20.7. The summed E-state index contributed by atoms with van der Waals surface area (Å²) in [5.41, 5.74) is 1.47. The molecule has 0 fully saturated rings. The van der Waals surface area contributed by atoms with Crippen molar-refractivity contribution >= 4 is 22.7 Å². The molecule has 0 aliphatic carbocycles. The highest BCUT2D eigenvalue weighted by Crippen LogP contribution is 2.33. The number of hydrogen-bond acceptors (Lipinski definition) is 5. The summed E-state index contributed by atoms with van der Waals surface area (Å²) in [6.45, 7) is 0. The van der Waals surface area contributed by atoms with Gasteiger partial charge in [-0.2, -0.15) is 0 Å². The highest BCUT2D eigenvalue weighted by atomic mass is 16.4. The van der Waals surface area contributed by atoms with E-state index >= 15 is 0 Å². The Balaban J connectivity index is 1.66. The van der Waals surface area contributed by atoms with E-state index in [1.165, 1.54) is 0 Å². The first-order valence-electron chi connectivity index (χ1n) is 9.54. The third-order valence-electron chi connectivity index (χ3n) is 5.25. The molecular weight excluding hydrogens is 380 g/mol. The molecule has 5 rings (SSSR count). The summed E-state index contributed by atoms with van der Waals surface area (Å²) in [4.78, 5) is 44.4. The number of imide groups is 1. The van der Waals surface area contributed by atoms with Crippen molar-refractivity contribution in [3.05, 3.63) is 112 Å². The number of para-hydroxylation sites is 1. The molecule has 2 heterocycles. The third-order valence-corrected chi connectivity index (χ3v) is 5.25. The van der Waals surface area contributed by atoms with Crippen molar-refractivity contribution in [1.29, 1.82) is 0 Å². The van der Waals surface area contributed by atoms with Gasteiger partial charge in [0.1, 0.15) is 6.04 Å². The molecule has 0 saturated carbocycles. The molecule has 2 amide bonds. The molecule has 3 aromatic carbocycles. The predicted octanol–water partition coefficient (Wildman–Crippen LogP) is 3.77. The molecule has 1 atom stereocenters. The summed E-state index contributed by atoms with van der Waals surface area (Å²) >= 11 is 0. The van der Waals surface area contributed by atoms with Crippen LogP contribution in [0, 0.1) is 0 Å². The topological polar surface area (TPSA) is 80.5 Å². The SMILES string of the molecule is O=C1c2ccccc2C(=O)N1C(Cc1ccccc1)c1nc2ccccc2c(=O)o1. The van der Waals surface area contributed by atoms with Gasteiger partial charge >= 0.3 is 5.63 Å². The van der Waals surface area contributed by atoms with Gasteiger partial charge in [-0.3, -0.25) is 14.5 Å². The maximum Gasteiger partial charge on any atom is 0.346 e. The zero-order valence-corrected chi connectivity index (χ0v) is 15.8. The normalized spacial score (nSPS) is 14.2. The summed E-state index contributed by atoms with van der Waals surface area (Å²) in [5, 5.41) is 0.349. The van der Waals surface area contributed by atoms with Gasteiger partial charge in [-0.25, -0.2) is 9.78 Å². The van der Waals surface area contributed by atoms with Gasteiger partial charge in [-0.05, 0) is 29.8 Å². The predicted molar refractivity (Wildman–Crippen MR) is 110 cm³/mol. The molecule has 0 bridgehead atoms. The molecule has 146 valence electrons. The molecule has 0 radical (unpaired) electrons. The first-order valence-corrected chi connectivity index (χ1v) is 9.54. The van der Waals surface area contributed by atoms with E-state index in [2.05, 4.69) is 4.98 Å². The first kappa shape index (κ1) is 18.0. The number of nitrogens with zero attached hydrogens (tertiary/aromatic N) is 2. The second-order valence-electron chi connectivity index (χ2n) is 7.09. The average Bonchev–Trinajstić information content (AvgIpc) is 3.03. The first-order chi connectivity index (χ1) is 14.6. The van der Waals surface area contributed by atoms with Crippen molar-refractivity contribution in [1.82, 2.24) is 9.88 Å². The van der Waals surface area contributed by atoms with Crippen LogP contribution in [0.3, 0.4) is 0 Å². The number of carbonyl (C=O) groups excluding carboxylic acids is 2. The second kappa shape index (κ2) is 7.08. The summed E-state index contributed by atoms with van der Waals surface area (Å²) in [5.74, 6) is -0.805. The minimum Gasteiger partial charge on any atom is -0.406 e. The molecule has 30 heavy (non-hydrogen) atoms. The van der Waals surface area contributed by atoms with E-state index < -0.39 is 23.5 Å². The van der Waals surface area contributed by atoms with Gasteiger partial charge in [0, 0.05) is 6.42 Å². The zero-order valence-electron chi connectivity index (χ0n) is 15.8. The average molecular weight is 396 g/mol. The number of carbonyl (C=O) groups is 2. The van der Waals surface area contributed by atoms with Gasteiger partial charge in [-0.15, -0.1) is 0 Å². The minimum absolute atomic E-state index is 0.0389. The highest BCUT2D eigenvalue weighted by Gasteiger charge is 2.42. The number of hydrogen-bond donors (Lipinski definition) is 0. The maximum atomic E-state index is 13.1. The summed E-state index contributed by atoms with van der Waals surface area (Å²) in [6, 6.07) is 22.1. The van der Waals surface area contributed by atoms with Gasteiger partial charge < -0.3 is 4.42 Å². The molecule has 1 unspecified atom stereocenters. The monoisotopic (exact) mass is 396 g/mol. The Hall–Kier alpha value is -4.06. The van der Waals surface area contributed by atoms with E-state index in [9.17, 15) is 14.4 Å². The van der Waals surface area contributed by atoms with E-state index in [1.807, 2.05) is 30.3 Å². The lowest BCUT2D eigenvalue weighted by Crippen LogP contribution is -2.36. The lowest BCUT2D eigenvalue weighted by molar-refractivity contribution is 0.0553. The van der Waals surface area contributed by atoms with Crippen LogP contribution in [0.15, 0.2) is 88.1 Å². The van der Waals surface area contributed by atoms with Crippen LogP contribution in [0.5, 0.6) is 0 Å². The van der Waals surface area contributed by atoms with E-state index in [-0.39, 0.29) is 12.3 Å². The van der Waals surface area contributed by atoms with E-state index in [1.54, 1.807) is 48.5 Å². The minimum atomic E-state index is -0.850. The van der Waals surface area contributed by atoms with Gasteiger partial charge in [0.05, 0.1) is 22.0 Å². The van der Waals surface area contributed by atoms with Crippen molar-refractivity contribution in [3.8, 4) is 0 Å². The largest absolute Gasteiger partial charge is 0.406 e. The Kier molecular flexibility index (Phi) is 4.25. The Morgan fingerprint density at radius 2 is 1.37 bits per heavy atom. The molecule has 6 heteroatoms. The molecule has 0 N–H and O–H groups in total. The molecule has 6 nitrogen and oxygen atoms in total. The fourth-order valence-corrected chi connectivity index (χ4v) is 3.80. The Morgan fingerprint density at radius 1 is 0.767 bits per heavy atom. The Morgan fingerprint density at radius 3 is 2.07 bits per heavy atom. The lowest BCUT2D eigenvalue weighted by Gasteiger charge is -2.24. The molecule has 0 spiro atoms. The fraction of sp³-hybridized carbons (Fsp3) is 0.0833. The van der Waals surface area contributed by atoms with Crippen LogP contribution in [0.2, 0.25) is 0 Å². The lowest BCUT2D eigenvalue weighted by atomic mass is 10.0. The fourth-order valence-electron chi connectivity index (χ4n) is 3.80. The molecule has 0 saturated heterocycles. The maximum absolute atomic E-state index is 13.1. The van der Waals surface area contributed by atoms with Gasteiger partial charge in [0.2, 0.25) is 5.89 Å². The van der Waals surface area contributed by atoms with Crippen LogP contribution in [0.1, 0.15) is 38.2 Å². The number of benzene rings is 3. The van der Waals surface area contributed by atoms with Gasteiger partial charge in [0.15, 0.2) is 0 Å². The molecular formula is C24H16N2O4. The van der Waals surface area contributed by atoms with Gasteiger partial charge in [0.25, 0.3) is 11.8 Å². The van der Waals surface area contributed by atoms with E-state index in [0.29, 0.717) is 22.0 Å². The Labute approximate surface area is 171 Å². The summed E-state index contributed by atoms with van der Waals surface area (Å²) in [7, 11) is 0. The van der Waals surface area contributed by atoms with Crippen LogP contribution >= 0.6 is 0 Å². The third kappa shape index (κ3) is 2.90. The standard InChI is InChI=1S/C24H16N2O4/c27-22-16-10-4-5-11-17(16)23(28)26(22)20(14-15-8-2-1-3-9-15)21-25-19-13-7-6-12-18(19)24(29)30-21/h1-13,20H,14H2. The number of aromatic nitrogens is 1. The van der Waals surface area contributed by atoms with Crippen LogP contribution in [-0.2, 0) is 6.42 Å². The van der Waals surface area contributed by atoms with Crippen LogP contribution in [0.4, 0.5) is 0 Å². The highest BCUT2D eigenvalue weighted by molar-refractivity contribution is 6.21. The number of amides is 2. The van der Waals surface area contributed by atoms with Crippen molar-refractivity contribution < 1.29 is 14.0 Å². The molecule has 1 aromatic heterocycles. The van der Waals surface area contributed by atoms with Crippen LogP contribution < -0.4 is 5.63 Å². The molecule has 4 aromatic rings. The smallest absolute Gasteiger partial charge is 0.346 e.